The number of ether oxygens (including phenoxy) is 2. The smallest absolute Gasteiger partial charge is 0.274 e. The van der Waals surface area contributed by atoms with E-state index in [1.807, 2.05) is 42.3 Å². The molecule has 144 valence electrons. The Balaban J connectivity index is 1.73. The van der Waals surface area contributed by atoms with Crippen molar-refractivity contribution in [1.82, 2.24) is 9.97 Å². The van der Waals surface area contributed by atoms with Gasteiger partial charge in [0.05, 0.1) is 14.2 Å². The van der Waals surface area contributed by atoms with Crippen LogP contribution in [-0.2, 0) is 6.54 Å². The molecule has 1 amide bonds. The minimum Gasteiger partial charge on any atom is -0.493 e. The second-order valence-electron chi connectivity index (χ2n) is 6.11. The molecule has 0 bridgehead atoms. The highest BCUT2D eigenvalue weighted by Gasteiger charge is 2.13. The number of nitrogens with zero attached hydrogens (tertiary/aromatic N) is 3. The zero-order chi connectivity index (χ0) is 19.9. The normalized spacial score (nSPS) is 10.2. The molecule has 0 radical (unpaired) electrons. The van der Waals surface area contributed by atoms with Crippen LogP contribution in [0.2, 0.25) is 0 Å². The van der Waals surface area contributed by atoms with Crippen molar-refractivity contribution in [3.8, 4) is 11.5 Å². The molecule has 28 heavy (non-hydrogen) atoms. The number of benzene rings is 2. The van der Waals surface area contributed by atoms with E-state index in [2.05, 4.69) is 15.3 Å². The van der Waals surface area contributed by atoms with Gasteiger partial charge in [-0.05, 0) is 23.8 Å². The first-order valence-electron chi connectivity index (χ1n) is 8.72. The van der Waals surface area contributed by atoms with E-state index in [-0.39, 0.29) is 11.6 Å². The average molecular weight is 378 g/mol. The molecular weight excluding hydrogens is 356 g/mol. The summed E-state index contributed by atoms with van der Waals surface area (Å²) in [5.41, 5.74) is 1.99. The molecule has 0 saturated heterocycles. The number of nitrogens with one attached hydrogen (secondary N) is 1. The highest BCUT2D eigenvalue weighted by atomic mass is 16.5. The molecule has 0 aliphatic rings. The topological polar surface area (TPSA) is 76.6 Å². The Morgan fingerprint density at radius 1 is 1.04 bits per heavy atom. The predicted octanol–water partition coefficient (Wildman–Crippen LogP) is 3.38. The molecule has 2 aromatic carbocycles. The summed E-state index contributed by atoms with van der Waals surface area (Å²) >= 11 is 0. The lowest BCUT2D eigenvalue weighted by Gasteiger charge is -2.17. The third-order valence-electron chi connectivity index (χ3n) is 4.12. The van der Waals surface area contributed by atoms with Crippen LogP contribution in [0.5, 0.6) is 11.5 Å². The SMILES string of the molecule is COc1ccc(NC(=O)c2ccnc(N(C)Cc3ccccc3)n2)cc1OC. The number of hydrogen-bond acceptors (Lipinski definition) is 6. The van der Waals surface area contributed by atoms with E-state index in [0.717, 1.165) is 5.56 Å². The van der Waals surface area contributed by atoms with Crippen LogP contribution < -0.4 is 19.7 Å². The quantitative estimate of drug-likeness (QED) is 0.679. The zero-order valence-corrected chi connectivity index (χ0v) is 16.0. The summed E-state index contributed by atoms with van der Waals surface area (Å²) in [5.74, 6) is 1.27. The maximum absolute atomic E-state index is 12.6. The molecule has 3 aromatic rings. The Labute approximate surface area is 164 Å². The van der Waals surface area contributed by atoms with Crippen molar-refractivity contribution in [2.45, 2.75) is 6.54 Å². The molecule has 1 N–H and O–H groups in total. The maximum atomic E-state index is 12.6. The largest absolute Gasteiger partial charge is 0.493 e. The van der Waals surface area contributed by atoms with Gasteiger partial charge in [-0.25, -0.2) is 9.97 Å². The fourth-order valence-corrected chi connectivity index (χ4v) is 2.70. The minimum atomic E-state index is -0.330. The van der Waals surface area contributed by atoms with Crippen molar-refractivity contribution in [1.29, 1.82) is 0 Å². The van der Waals surface area contributed by atoms with Gasteiger partial charge < -0.3 is 19.7 Å². The van der Waals surface area contributed by atoms with Crippen LogP contribution in [0.15, 0.2) is 60.8 Å². The van der Waals surface area contributed by atoms with Crippen LogP contribution in [-0.4, -0.2) is 37.1 Å². The summed E-state index contributed by atoms with van der Waals surface area (Å²) in [6.07, 6.45) is 1.58. The van der Waals surface area contributed by atoms with Crippen molar-refractivity contribution in [2.24, 2.45) is 0 Å². The van der Waals surface area contributed by atoms with Gasteiger partial charge in [0.1, 0.15) is 5.69 Å². The monoisotopic (exact) mass is 378 g/mol. The molecule has 0 aliphatic carbocycles. The summed E-state index contributed by atoms with van der Waals surface area (Å²) < 4.78 is 10.5. The Kier molecular flexibility index (Phi) is 6.06. The van der Waals surface area contributed by atoms with Gasteiger partial charge in [-0.2, -0.15) is 0 Å². The first-order chi connectivity index (χ1) is 13.6. The van der Waals surface area contributed by atoms with Crippen molar-refractivity contribution in [3.63, 3.8) is 0 Å². The van der Waals surface area contributed by atoms with Crippen molar-refractivity contribution >= 4 is 17.5 Å². The highest BCUT2D eigenvalue weighted by Crippen LogP contribution is 2.29. The molecule has 3 rings (SSSR count). The van der Waals surface area contributed by atoms with Crippen molar-refractivity contribution < 1.29 is 14.3 Å². The van der Waals surface area contributed by atoms with Crippen LogP contribution in [0.25, 0.3) is 0 Å². The lowest BCUT2D eigenvalue weighted by Crippen LogP contribution is -2.21. The minimum absolute atomic E-state index is 0.277. The first kappa shape index (κ1) is 19.2. The summed E-state index contributed by atoms with van der Waals surface area (Å²) in [5, 5.41) is 2.82. The number of anilines is 2. The van der Waals surface area contributed by atoms with Gasteiger partial charge in [-0.15, -0.1) is 0 Å². The molecule has 0 aliphatic heterocycles. The van der Waals surface area contributed by atoms with Gasteiger partial charge in [0.25, 0.3) is 5.91 Å². The van der Waals surface area contributed by atoms with E-state index >= 15 is 0 Å². The van der Waals surface area contributed by atoms with E-state index < -0.39 is 0 Å². The second kappa shape index (κ2) is 8.85. The van der Waals surface area contributed by atoms with Crippen LogP contribution in [0.1, 0.15) is 16.1 Å². The van der Waals surface area contributed by atoms with Gasteiger partial charge in [0, 0.05) is 31.5 Å². The number of amides is 1. The summed E-state index contributed by atoms with van der Waals surface area (Å²) in [6, 6.07) is 16.7. The third kappa shape index (κ3) is 4.56. The molecule has 0 spiro atoms. The molecule has 1 aromatic heterocycles. The van der Waals surface area contributed by atoms with Crippen LogP contribution in [0.4, 0.5) is 11.6 Å². The Bertz CT molecular complexity index is 947. The number of carbonyl (C=O) groups excluding carboxylic acids is 1. The van der Waals surface area contributed by atoms with Gasteiger partial charge in [-0.3, -0.25) is 4.79 Å². The van der Waals surface area contributed by atoms with Gasteiger partial charge in [0.15, 0.2) is 11.5 Å². The third-order valence-corrected chi connectivity index (χ3v) is 4.12. The van der Waals surface area contributed by atoms with Crippen molar-refractivity contribution in [2.75, 3.05) is 31.5 Å². The van der Waals surface area contributed by atoms with Crippen LogP contribution in [0, 0.1) is 0 Å². The molecule has 7 heteroatoms. The first-order valence-corrected chi connectivity index (χ1v) is 8.72. The standard InChI is InChI=1S/C21H22N4O3/c1-25(14-15-7-5-4-6-8-15)21-22-12-11-17(24-21)20(26)23-16-9-10-18(27-2)19(13-16)28-3/h4-13H,14H2,1-3H3,(H,23,26). The number of hydrogen-bond donors (Lipinski definition) is 1. The summed E-state index contributed by atoms with van der Waals surface area (Å²) in [4.78, 5) is 23.2. The van der Waals surface area contributed by atoms with Crippen LogP contribution in [0.3, 0.4) is 0 Å². The molecule has 0 saturated carbocycles. The lowest BCUT2D eigenvalue weighted by molar-refractivity contribution is 0.102. The summed E-state index contributed by atoms with van der Waals surface area (Å²) in [6.45, 7) is 0.640. The average Bonchev–Trinajstić information content (AvgIpc) is 2.74. The Morgan fingerprint density at radius 2 is 1.79 bits per heavy atom. The fourth-order valence-electron chi connectivity index (χ4n) is 2.70. The molecule has 7 nitrogen and oxygen atoms in total. The van der Waals surface area contributed by atoms with E-state index in [1.165, 1.54) is 0 Å². The number of rotatable bonds is 7. The highest BCUT2D eigenvalue weighted by molar-refractivity contribution is 6.03. The second-order valence-corrected chi connectivity index (χ2v) is 6.11. The Hall–Kier alpha value is -3.61. The number of carbonyl (C=O) groups is 1. The van der Waals surface area contributed by atoms with Gasteiger partial charge >= 0.3 is 0 Å². The van der Waals surface area contributed by atoms with E-state index in [9.17, 15) is 4.79 Å². The lowest BCUT2D eigenvalue weighted by atomic mass is 10.2. The van der Waals surface area contributed by atoms with Crippen molar-refractivity contribution in [3.05, 3.63) is 72.1 Å². The van der Waals surface area contributed by atoms with E-state index in [4.69, 9.17) is 9.47 Å². The Morgan fingerprint density at radius 3 is 2.50 bits per heavy atom. The van der Waals surface area contributed by atoms with Gasteiger partial charge in [-0.1, -0.05) is 30.3 Å². The zero-order valence-electron chi connectivity index (χ0n) is 16.0. The molecule has 0 fully saturated rings. The predicted molar refractivity (Wildman–Crippen MR) is 108 cm³/mol. The number of methoxy groups -OCH3 is 2. The molecule has 0 atom stereocenters. The van der Waals surface area contributed by atoms with E-state index in [0.29, 0.717) is 29.7 Å². The maximum Gasteiger partial charge on any atom is 0.274 e. The molecular formula is C21H22N4O3. The van der Waals surface area contributed by atoms with E-state index in [1.54, 1.807) is 44.7 Å². The van der Waals surface area contributed by atoms with Gasteiger partial charge in [0.2, 0.25) is 5.95 Å². The fraction of sp³-hybridized carbons (Fsp3) is 0.190. The number of aromatic nitrogens is 2. The van der Waals surface area contributed by atoms with Crippen LogP contribution >= 0.6 is 0 Å². The molecule has 1 heterocycles. The molecule has 0 unspecified atom stereocenters. The summed E-state index contributed by atoms with van der Waals surface area (Å²) in [7, 11) is 4.99.